The summed E-state index contributed by atoms with van der Waals surface area (Å²) in [6.45, 7) is 4.10. The molecule has 0 spiro atoms. The first kappa shape index (κ1) is 12.3. The van der Waals surface area contributed by atoms with Gasteiger partial charge < -0.3 is 9.64 Å². The first-order valence-electron chi connectivity index (χ1n) is 5.70. The van der Waals surface area contributed by atoms with E-state index in [1.54, 1.807) is 0 Å². The van der Waals surface area contributed by atoms with E-state index < -0.39 is 0 Å². The van der Waals surface area contributed by atoms with Gasteiger partial charge in [-0.2, -0.15) is 5.26 Å². The number of thiocyanates is 1. The molecular weight excluding hydrogens is 232 g/mol. The standard InChI is InChI=1S/C13H16N2OS/c1-10-5-12(7-13(6-10)17-9-14)16-11-3-4-15(2)8-11/h5-7,11H,3-4,8H2,1-2H3/t11-/m1/s1. The Hall–Kier alpha value is -1.18. The molecule has 0 N–H and O–H groups in total. The van der Waals surface area contributed by atoms with Gasteiger partial charge in [0.2, 0.25) is 0 Å². The van der Waals surface area contributed by atoms with Crippen molar-refractivity contribution in [2.75, 3.05) is 20.1 Å². The summed E-state index contributed by atoms with van der Waals surface area (Å²) in [5.41, 5.74) is 1.13. The Labute approximate surface area is 106 Å². The zero-order chi connectivity index (χ0) is 12.3. The number of nitrogens with zero attached hydrogens (tertiary/aromatic N) is 2. The van der Waals surface area contributed by atoms with Gasteiger partial charge in [-0.15, -0.1) is 0 Å². The van der Waals surface area contributed by atoms with Crippen molar-refractivity contribution >= 4 is 11.8 Å². The molecule has 1 aromatic carbocycles. The quantitative estimate of drug-likeness (QED) is 0.608. The highest BCUT2D eigenvalue weighted by atomic mass is 32.2. The van der Waals surface area contributed by atoms with Crippen molar-refractivity contribution in [3.05, 3.63) is 23.8 Å². The third kappa shape index (κ3) is 3.39. The van der Waals surface area contributed by atoms with E-state index in [9.17, 15) is 0 Å². The van der Waals surface area contributed by atoms with Crippen LogP contribution in [0.15, 0.2) is 23.1 Å². The number of ether oxygens (including phenoxy) is 1. The molecule has 1 aliphatic rings. The fourth-order valence-electron chi connectivity index (χ4n) is 2.08. The van der Waals surface area contributed by atoms with Gasteiger partial charge in [-0.05, 0) is 55.9 Å². The Bertz CT molecular complexity index is 442. The lowest BCUT2D eigenvalue weighted by Gasteiger charge is -2.14. The largest absolute Gasteiger partial charge is 0.489 e. The van der Waals surface area contributed by atoms with Gasteiger partial charge in [-0.3, -0.25) is 0 Å². The van der Waals surface area contributed by atoms with Crippen LogP contribution in [0.2, 0.25) is 0 Å². The SMILES string of the molecule is Cc1cc(O[C@@H]2CCN(C)C2)cc(SC#N)c1. The van der Waals surface area contributed by atoms with Gasteiger partial charge in [-0.25, -0.2) is 0 Å². The lowest BCUT2D eigenvalue weighted by Crippen LogP contribution is -2.21. The molecule has 1 saturated heterocycles. The van der Waals surface area contributed by atoms with Crippen LogP contribution >= 0.6 is 11.8 Å². The predicted octanol–water partition coefficient (Wildman–Crippen LogP) is 2.65. The third-order valence-electron chi connectivity index (χ3n) is 2.84. The van der Waals surface area contributed by atoms with Gasteiger partial charge in [-0.1, -0.05) is 0 Å². The maximum absolute atomic E-state index is 8.69. The summed E-state index contributed by atoms with van der Waals surface area (Å²) in [5.74, 6) is 0.878. The first-order chi connectivity index (χ1) is 8.17. The molecule has 0 bridgehead atoms. The van der Waals surface area contributed by atoms with E-state index >= 15 is 0 Å². The van der Waals surface area contributed by atoms with Crippen LogP contribution in [0.3, 0.4) is 0 Å². The predicted molar refractivity (Wildman–Crippen MR) is 69.2 cm³/mol. The van der Waals surface area contributed by atoms with Crippen LogP contribution < -0.4 is 4.74 Å². The van der Waals surface area contributed by atoms with Crippen LogP contribution in [-0.4, -0.2) is 31.1 Å². The van der Waals surface area contributed by atoms with Gasteiger partial charge in [0.15, 0.2) is 0 Å². The third-order valence-corrected chi connectivity index (χ3v) is 3.40. The second-order valence-corrected chi connectivity index (χ2v) is 5.32. The summed E-state index contributed by atoms with van der Waals surface area (Å²) in [6.07, 6.45) is 1.35. The highest BCUT2D eigenvalue weighted by Gasteiger charge is 2.20. The molecular formula is C13H16N2OS. The van der Waals surface area contributed by atoms with Gasteiger partial charge >= 0.3 is 0 Å². The van der Waals surface area contributed by atoms with Gasteiger partial charge in [0.1, 0.15) is 17.3 Å². The second kappa shape index (κ2) is 5.44. The number of hydrogen-bond donors (Lipinski definition) is 0. The minimum absolute atomic E-state index is 0.279. The van der Waals surface area contributed by atoms with E-state index in [-0.39, 0.29) is 6.10 Å². The van der Waals surface area contributed by atoms with Crippen LogP contribution in [0, 0.1) is 17.6 Å². The number of benzene rings is 1. The summed E-state index contributed by atoms with van der Waals surface area (Å²) in [5, 5.41) is 10.8. The molecule has 1 heterocycles. The number of hydrogen-bond acceptors (Lipinski definition) is 4. The monoisotopic (exact) mass is 248 g/mol. The zero-order valence-corrected chi connectivity index (χ0v) is 11.0. The van der Waals surface area contributed by atoms with Gasteiger partial charge in [0.05, 0.1) is 0 Å². The molecule has 1 aliphatic heterocycles. The minimum Gasteiger partial charge on any atom is -0.489 e. The van der Waals surface area contributed by atoms with E-state index in [1.807, 2.05) is 25.1 Å². The normalized spacial score (nSPS) is 20.2. The van der Waals surface area contributed by atoms with E-state index in [0.29, 0.717) is 0 Å². The molecule has 0 aliphatic carbocycles. The lowest BCUT2D eigenvalue weighted by molar-refractivity contribution is 0.207. The second-order valence-electron chi connectivity index (χ2n) is 4.47. The fraction of sp³-hybridized carbons (Fsp3) is 0.462. The van der Waals surface area contributed by atoms with Gasteiger partial charge in [0.25, 0.3) is 0 Å². The Kier molecular flexibility index (Phi) is 3.93. The molecule has 1 fully saturated rings. The Morgan fingerprint density at radius 2 is 2.29 bits per heavy atom. The number of aryl methyl sites for hydroxylation is 1. The van der Waals surface area contributed by atoms with Crippen LogP contribution in [0.4, 0.5) is 0 Å². The van der Waals surface area contributed by atoms with E-state index in [0.717, 1.165) is 35.7 Å². The number of thioether (sulfide) groups is 1. The van der Waals surface area contributed by atoms with E-state index in [1.165, 1.54) is 11.8 Å². The Morgan fingerprint density at radius 3 is 2.94 bits per heavy atom. The molecule has 0 unspecified atom stereocenters. The summed E-state index contributed by atoms with van der Waals surface area (Å²) in [6, 6.07) is 5.97. The smallest absolute Gasteiger partial charge is 0.138 e. The van der Waals surface area contributed by atoms with Crippen molar-refractivity contribution in [2.24, 2.45) is 0 Å². The van der Waals surface area contributed by atoms with Crippen molar-refractivity contribution in [1.29, 1.82) is 5.26 Å². The molecule has 0 radical (unpaired) electrons. The number of rotatable bonds is 3. The average molecular weight is 248 g/mol. The summed E-state index contributed by atoms with van der Waals surface area (Å²) < 4.78 is 5.95. The Morgan fingerprint density at radius 1 is 1.47 bits per heavy atom. The first-order valence-corrected chi connectivity index (χ1v) is 6.52. The average Bonchev–Trinajstić information content (AvgIpc) is 2.63. The highest BCUT2D eigenvalue weighted by Crippen LogP contribution is 2.26. The van der Waals surface area contributed by atoms with E-state index in [4.69, 9.17) is 10.00 Å². The van der Waals surface area contributed by atoms with Crippen LogP contribution in [-0.2, 0) is 0 Å². The topological polar surface area (TPSA) is 36.3 Å². The molecule has 90 valence electrons. The highest BCUT2D eigenvalue weighted by molar-refractivity contribution is 8.03. The molecule has 3 nitrogen and oxygen atoms in total. The number of nitriles is 1. The van der Waals surface area contributed by atoms with Crippen molar-refractivity contribution < 1.29 is 4.74 Å². The molecule has 1 aromatic rings. The maximum Gasteiger partial charge on any atom is 0.138 e. The number of likely N-dealkylation sites (tertiary alicyclic amines) is 1. The lowest BCUT2D eigenvalue weighted by atomic mass is 10.2. The molecule has 1 atom stereocenters. The van der Waals surface area contributed by atoms with Crippen molar-refractivity contribution in [3.63, 3.8) is 0 Å². The van der Waals surface area contributed by atoms with Crippen molar-refractivity contribution in [2.45, 2.75) is 24.3 Å². The fourth-order valence-corrected chi connectivity index (χ4v) is 2.60. The van der Waals surface area contributed by atoms with Crippen LogP contribution in [0.1, 0.15) is 12.0 Å². The van der Waals surface area contributed by atoms with Crippen LogP contribution in [0.25, 0.3) is 0 Å². The molecule has 0 aromatic heterocycles. The molecule has 4 heteroatoms. The van der Waals surface area contributed by atoms with Crippen LogP contribution in [0.5, 0.6) is 5.75 Å². The molecule has 0 saturated carbocycles. The maximum atomic E-state index is 8.69. The van der Waals surface area contributed by atoms with Crippen molar-refractivity contribution in [1.82, 2.24) is 4.90 Å². The van der Waals surface area contributed by atoms with Gasteiger partial charge in [0, 0.05) is 18.0 Å². The zero-order valence-electron chi connectivity index (χ0n) is 10.1. The summed E-state index contributed by atoms with van der Waals surface area (Å²) in [7, 11) is 2.11. The molecule has 0 amide bonds. The van der Waals surface area contributed by atoms with Crippen molar-refractivity contribution in [3.8, 4) is 11.2 Å². The number of likely N-dealkylation sites (N-methyl/N-ethyl adjacent to an activating group) is 1. The Balaban J connectivity index is 2.07. The summed E-state index contributed by atoms with van der Waals surface area (Å²) in [4.78, 5) is 3.22. The molecule has 2 rings (SSSR count). The van der Waals surface area contributed by atoms with E-state index in [2.05, 4.69) is 17.3 Å². The minimum atomic E-state index is 0.279. The molecule has 17 heavy (non-hydrogen) atoms. The summed E-state index contributed by atoms with van der Waals surface area (Å²) >= 11 is 1.18.